The average molecular weight is 363 g/mol. The van der Waals surface area contributed by atoms with Gasteiger partial charge in [0.1, 0.15) is 10.2 Å². The number of benzene rings is 1. The Labute approximate surface area is 145 Å². The van der Waals surface area contributed by atoms with Crippen LogP contribution in [0.5, 0.6) is 0 Å². The van der Waals surface area contributed by atoms with Crippen LogP contribution in [-0.4, -0.2) is 24.0 Å². The van der Waals surface area contributed by atoms with E-state index in [0.717, 1.165) is 5.56 Å². The number of H-pyrrole nitrogens is 1. The predicted molar refractivity (Wildman–Crippen MR) is 93.8 cm³/mol. The van der Waals surface area contributed by atoms with Crippen molar-refractivity contribution in [2.45, 2.75) is 10.9 Å². The van der Waals surface area contributed by atoms with Crippen LogP contribution in [-0.2, 0) is 19.8 Å². The maximum atomic E-state index is 12.0. The Kier molecular flexibility index (Phi) is 4.24. The highest BCUT2D eigenvalue weighted by atomic mass is 32.2. The van der Waals surface area contributed by atoms with Gasteiger partial charge in [-0.1, -0.05) is 36.1 Å². The van der Waals surface area contributed by atoms with Crippen LogP contribution >= 0.6 is 24.0 Å². The summed E-state index contributed by atoms with van der Waals surface area (Å²) in [7, 11) is 3.26. The lowest BCUT2D eigenvalue weighted by Crippen LogP contribution is -2.27. The van der Waals surface area contributed by atoms with Crippen LogP contribution in [0.25, 0.3) is 11.2 Å². The van der Waals surface area contributed by atoms with E-state index in [0.29, 0.717) is 26.7 Å². The molecule has 0 aliphatic rings. The number of imidazole rings is 1. The first kappa shape index (κ1) is 16.4. The van der Waals surface area contributed by atoms with E-state index in [1.807, 2.05) is 0 Å². The topological polar surface area (TPSA) is 98.8 Å². The molecule has 0 unspecified atom stereocenters. The quantitative estimate of drug-likeness (QED) is 0.331. The van der Waals surface area contributed by atoms with E-state index < -0.39 is 4.92 Å². The lowest BCUT2D eigenvalue weighted by atomic mass is 10.2. The summed E-state index contributed by atoms with van der Waals surface area (Å²) in [5, 5.41) is 11.3. The summed E-state index contributed by atoms with van der Waals surface area (Å²) in [4.78, 5) is 29.8. The summed E-state index contributed by atoms with van der Waals surface area (Å²) in [6, 6.07) is 6.36. The second kappa shape index (κ2) is 6.21. The van der Waals surface area contributed by atoms with E-state index in [1.54, 1.807) is 26.2 Å². The molecule has 0 radical (unpaired) electrons. The molecule has 0 amide bonds. The van der Waals surface area contributed by atoms with Crippen LogP contribution in [0.3, 0.4) is 0 Å². The molecule has 0 aliphatic carbocycles. The minimum atomic E-state index is -0.429. The molecule has 124 valence electrons. The Morgan fingerprint density at radius 1 is 1.29 bits per heavy atom. The van der Waals surface area contributed by atoms with Crippen LogP contribution in [0.2, 0.25) is 0 Å². The monoisotopic (exact) mass is 363 g/mol. The van der Waals surface area contributed by atoms with E-state index in [4.69, 9.17) is 12.2 Å². The standard InChI is InChI=1S/C14H13N5O3S2/c1-17-11-10(12(23)18(2)14(17)20)15-13(16-11)24-7-8-3-5-9(6-4-8)19(21)22/h3-6H,7H2,1-2H3,(H,15,16). The number of nitro groups is 1. The van der Waals surface area contributed by atoms with Crippen molar-refractivity contribution in [1.82, 2.24) is 19.1 Å². The Balaban J connectivity index is 1.87. The molecule has 0 saturated heterocycles. The van der Waals surface area contributed by atoms with Crippen molar-refractivity contribution in [3.8, 4) is 0 Å². The molecule has 1 N–H and O–H groups in total. The van der Waals surface area contributed by atoms with E-state index in [1.165, 1.54) is 33.0 Å². The number of nitrogens with one attached hydrogen (secondary N) is 1. The molecule has 0 bridgehead atoms. The number of aromatic nitrogens is 4. The number of nitrogens with zero attached hydrogens (tertiary/aromatic N) is 4. The highest BCUT2D eigenvalue weighted by Crippen LogP contribution is 2.23. The lowest BCUT2D eigenvalue weighted by molar-refractivity contribution is -0.384. The minimum absolute atomic E-state index is 0.0609. The summed E-state index contributed by atoms with van der Waals surface area (Å²) >= 11 is 6.71. The number of nitro benzene ring substituents is 1. The molecule has 2 aromatic heterocycles. The zero-order chi connectivity index (χ0) is 17.4. The third-order valence-electron chi connectivity index (χ3n) is 3.60. The maximum absolute atomic E-state index is 12.0. The zero-order valence-corrected chi connectivity index (χ0v) is 14.5. The fourth-order valence-corrected chi connectivity index (χ4v) is 3.28. The van der Waals surface area contributed by atoms with Crippen molar-refractivity contribution >= 4 is 40.8 Å². The molecule has 0 saturated carbocycles. The van der Waals surface area contributed by atoms with Gasteiger partial charge in [-0.15, -0.1) is 0 Å². The Morgan fingerprint density at radius 3 is 2.58 bits per heavy atom. The molecule has 0 fully saturated rings. The van der Waals surface area contributed by atoms with Crippen LogP contribution < -0.4 is 5.69 Å². The van der Waals surface area contributed by atoms with E-state index in [-0.39, 0.29) is 11.4 Å². The summed E-state index contributed by atoms with van der Waals surface area (Å²) in [5.41, 5.74) is 1.91. The molecule has 3 aromatic rings. The molecule has 1 aromatic carbocycles. The Bertz CT molecular complexity index is 1050. The van der Waals surface area contributed by atoms with E-state index >= 15 is 0 Å². The molecule has 3 rings (SSSR count). The molecule has 2 heterocycles. The highest BCUT2D eigenvalue weighted by Gasteiger charge is 2.12. The van der Waals surface area contributed by atoms with Gasteiger partial charge in [0.05, 0.1) is 4.92 Å². The number of hydrogen-bond acceptors (Lipinski definition) is 6. The van der Waals surface area contributed by atoms with Gasteiger partial charge in [0.2, 0.25) is 0 Å². The third kappa shape index (κ3) is 2.85. The average Bonchev–Trinajstić information content (AvgIpc) is 3.01. The van der Waals surface area contributed by atoms with Gasteiger partial charge in [0, 0.05) is 32.0 Å². The van der Waals surface area contributed by atoms with Crippen molar-refractivity contribution in [1.29, 1.82) is 0 Å². The number of thioether (sulfide) groups is 1. The van der Waals surface area contributed by atoms with Crippen LogP contribution in [0.15, 0.2) is 34.2 Å². The van der Waals surface area contributed by atoms with Gasteiger partial charge in [-0.25, -0.2) is 9.78 Å². The molecule has 0 atom stereocenters. The van der Waals surface area contributed by atoms with Crippen molar-refractivity contribution in [2.24, 2.45) is 14.1 Å². The molecule has 0 spiro atoms. The SMILES string of the molecule is Cn1c(=S)c2[nH]c(SCc3ccc([N+](=O)[O-])cc3)nc2n(C)c1=O. The molecular weight excluding hydrogens is 350 g/mol. The number of non-ortho nitro benzene ring substituents is 1. The number of aromatic amines is 1. The first-order valence-corrected chi connectivity index (χ1v) is 8.29. The van der Waals surface area contributed by atoms with Gasteiger partial charge >= 0.3 is 5.69 Å². The van der Waals surface area contributed by atoms with Gasteiger partial charge in [0.25, 0.3) is 5.69 Å². The molecule has 8 nitrogen and oxygen atoms in total. The minimum Gasteiger partial charge on any atom is -0.329 e. The van der Waals surface area contributed by atoms with Crippen molar-refractivity contribution in [3.63, 3.8) is 0 Å². The van der Waals surface area contributed by atoms with Crippen molar-refractivity contribution < 1.29 is 4.92 Å². The fraction of sp³-hybridized carbons (Fsp3) is 0.214. The maximum Gasteiger partial charge on any atom is 0.330 e. The summed E-state index contributed by atoms with van der Waals surface area (Å²) in [6.45, 7) is 0. The van der Waals surface area contributed by atoms with Crippen LogP contribution in [0, 0.1) is 14.8 Å². The Hall–Kier alpha value is -2.46. The summed E-state index contributed by atoms with van der Waals surface area (Å²) in [5.74, 6) is 0.588. The first-order valence-electron chi connectivity index (χ1n) is 6.90. The number of rotatable bonds is 4. The first-order chi connectivity index (χ1) is 11.4. The predicted octanol–water partition coefficient (Wildman–Crippen LogP) is 2.53. The van der Waals surface area contributed by atoms with E-state index in [2.05, 4.69) is 9.97 Å². The van der Waals surface area contributed by atoms with Crippen LogP contribution in [0.1, 0.15) is 5.56 Å². The smallest absolute Gasteiger partial charge is 0.329 e. The zero-order valence-electron chi connectivity index (χ0n) is 12.8. The number of aryl methyl sites for hydroxylation is 1. The largest absolute Gasteiger partial charge is 0.330 e. The van der Waals surface area contributed by atoms with Crippen molar-refractivity contribution in [2.75, 3.05) is 0 Å². The van der Waals surface area contributed by atoms with Crippen molar-refractivity contribution in [3.05, 3.63) is 55.1 Å². The van der Waals surface area contributed by atoms with E-state index in [9.17, 15) is 14.9 Å². The second-order valence-electron chi connectivity index (χ2n) is 5.16. The number of hydrogen-bond donors (Lipinski definition) is 1. The molecule has 24 heavy (non-hydrogen) atoms. The molecule has 10 heteroatoms. The van der Waals surface area contributed by atoms with Gasteiger partial charge in [-0.3, -0.25) is 19.2 Å². The van der Waals surface area contributed by atoms with Gasteiger partial charge in [-0.05, 0) is 5.56 Å². The van der Waals surface area contributed by atoms with Gasteiger partial charge in [-0.2, -0.15) is 0 Å². The lowest BCUT2D eigenvalue weighted by Gasteiger charge is -2.02. The fourth-order valence-electron chi connectivity index (χ4n) is 2.24. The summed E-state index contributed by atoms with van der Waals surface area (Å²) < 4.78 is 3.24. The highest BCUT2D eigenvalue weighted by molar-refractivity contribution is 7.98. The molecule has 0 aliphatic heterocycles. The van der Waals surface area contributed by atoms with Gasteiger partial charge < -0.3 is 4.98 Å². The second-order valence-corrected chi connectivity index (χ2v) is 6.51. The third-order valence-corrected chi connectivity index (χ3v) is 5.02. The molecular formula is C14H13N5O3S2. The van der Waals surface area contributed by atoms with Gasteiger partial charge in [0.15, 0.2) is 10.8 Å². The summed E-state index contributed by atoms with van der Waals surface area (Å²) in [6.07, 6.45) is 0. The Morgan fingerprint density at radius 2 is 1.96 bits per heavy atom. The number of fused-ring (bicyclic) bond motifs is 1. The van der Waals surface area contributed by atoms with Crippen LogP contribution in [0.4, 0.5) is 5.69 Å². The normalized spacial score (nSPS) is 11.1.